The highest BCUT2D eigenvalue weighted by Crippen LogP contribution is 2.40. The molecule has 1 aromatic carbocycles. The summed E-state index contributed by atoms with van der Waals surface area (Å²) in [6.07, 6.45) is 0.808. The van der Waals surface area contributed by atoms with Gasteiger partial charge in [0.15, 0.2) is 5.92 Å². The Hall–Kier alpha value is -2.28. The van der Waals surface area contributed by atoms with Crippen molar-refractivity contribution < 1.29 is 29.0 Å². The number of likely N-dealkylation sites (N-methyl/N-ethyl adjacent to an activating group) is 1. The number of hydrogen-bond acceptors (Lipinski definition) is 5. The molecule has 0 heterocycles. The lowest BCUT2D eigenvalue weighted by molar-refractivity contribution is -0.159. The lowest BCUT2D eigenvalue weighted by Gasteiger charge is -2.40. The number of carboxylic acid groups (broad SMARTS) is 1. The highest BCUT2D eigenvalue weighted by Gasteiger charge is 2.40. The van der Waals surface area contributed by atoms with E-state index < -0.39 is 29.6 Å². The zero-order chi connectivity index (χ0) is 22.6. The Bertz CT molecular complexity index is 803. The first-order valence-corrected chi connectivity index (χ1v) is 10.5. The summed E-state index contributed by atoms with van der Waals surface area (Å²) in [4.78, 5) is 38.3. The Kier molecular flexibility index (Phi) is 7.75. The van der Waals surface area contributed by atoms with Crippen molar-refractivity contribution in [2.24, 2.45) is 5.92 Å². The summed E-state index contributed by atoms with van der Waals surface area (Å²) in [5.41, 5.74) is 1.23. The fourth-order valence-electron chi connectivity index (χ4n) is 3.88. The Morgan fingerprint density at radius 1 is 1.37 bits per heavy atom. The van der Waals surface area contributed by atoms with Crippen LogP contribution in [0.5, 0.6) is 0 Å². The number of benzene rings is 1. The molecule has 1 aliphatic carbocycles. The second kappa shape index (κ2) is 9.69. The van der Waals surface area contributed by atoms with Gasteiger partial charge in [-0.2, -0.15) is 0 Å². The topological polar surface area (TPSA) is 93.1 Å². The summed E-state index contributed by atoms with van der Waals surface area (Å²) in [7, 11) is 1.65. The lowest BCUT2D eigenvalue weighted by atomic mass is 9.75. The van der Waals surface area contributed by atoms with Gasteiger partial charge >= 0.3 is 18.0 Å². The van der Waals surface area contributed by atoms with E-state index in [1.165, 1.54) is 4.90 Å². The maximum absolute atomic E-state index is 12.7. The van der Waals surface area contributed by atoms with E-state index in [0.717, 1.165) is 11.1 Å². The van der Waals surface area contributed by atoms with Crippen LogP contribution in [0.25, 0.3) is 0 Å². The summed E-state index contributed by atoms with van der Waals surface area (Å²) < 4.78 is 10.5. The van der Waals surface area contributed by atoms with Crippen LogP contribution in [0.1, 0.15) is 57.6 Å². The minimum absolute atomic E-state index is 0.0145. The molecular weight excluding hydrogens is 412 g/mol. The maximum Gasteiger partial charge on any atom is 0.410 e. The van der Waals surface area contributed by atoms with Crippen molar-refractivity contribution in [1.29, 1.82) is 0 Å². The summed E-state index contributed by atoms with van der Waals surface area (Å²) in [5.74, 6) is -3.72. The van der Waals surface area contributed by atoms with E-state index in [1.807, 2.05) is 12.1 Å². The highest BCUT2D eigenvalue weighted by atomic mass is 35.5. The molecule has 2 rings (SSSR count). The van der Waals surface area contributed by atoms with Crippen LogP contribution < -0.4 is 0 Å². The number of halogens is 1. The number of carbonyl (C=O) groups is 3. The van der Waals surface area contributed by atoms with E-state index in [4.69, 9.17) is 21.1 Å². The average Bonchev–Trinajstić information content (AvgIpc) is 2.63. The zero-order valence-corrected chi connectivity index (χ0v) is 18.9. The van der Waals surface area contributed by atoms with Crippen molar-refractivity contribution in [2.75, 3.05) is 13.7 Å². The zero-order valence-electron chi connectivity index (χ0n) is 18.1. The van der Waals surface area contributed by atoms with Gasteiger partial charge in [0, 0.05) is 24.0 Å². The maximum atomic E-state index is 12.7. The molecule has 0 saturated heterocycles. The number of amides is 1. The monoisotopic (exact) mass is 441 g/mol. The quantitative estimate of drug-likeness (QED) is 0.523. The standard InChI is InChI=1S/C22H30ClNO6/c1-6-29-20(27)17(19(25)26)12-16-15-9-8-14(23)11-13(15)7-10-18(16)24(5)21(28)30-22(2,3)4/h8-9,11,16-18H,6-7,10,12H2,1-5H3,(H,25,26)/t16-,17?,18-/m1/s1/i20+2. The van der Waals surface area contributed by atoms with Gasteiger partial charge in [-0.05, 0) is 70.2 Å². The molecular formula is C22H30ClNO6. The Morgan fingerprint density at radius 2 is 2.03 bits per heavy atom. The number of rotatable bonds is 6. The number of fused-ring (bicyclic) bond motifs is 1. The third-order valence-corrected chi connectivity index (χ3v) is 5.45. The van der Waals surface area contributed by atoms with Crippen LogP contribution in [0.3, 0.4) is 0 Å². The fourth-order valence-corrected chi connectivity index (χ4v) is 4.07. The van der Waals surface area contributed by atoms with E-state index in [-0.39, 0.29) is 25.0 Å². The number of carboxylic acids is 1. The van der Waals surface area contributed by atoms with Crippen LogP contribution in [0, 0.1) is 5.92 Å². The largest absolute Gasteiger partial charge is 0.481 e. The number of aliphatic carboxylic acids is 1. The molecule has 0 aromatic heterocycles. The Labute approximate surface area is 182 Å². The fraction of sp³-hybridized carbons (Fsp3) is 0.591. The van der Waals surface area contributed by atoms with Crippen LogP contribution in [-0.4, -0.2) is 53.3 Å². The molecule has 1 amide bonds. The summed E-state index contributed by atoms with van der Waals surface area (Å²) in [6, 6.07) is 5.11. The van der Waals surface area contributed by atoms with Gasteiger partial charge in [0.25, 0.3) is 0 Å². The number of aryl methyl sites for hydroxylation is 1. The molecule has 7 nitrogen and oxygen atoms in total. The Morgan fingerprint density at radius 3 is 2.60 bits per heavy atom. The van der Waals surface area contributed by atoms with Gasteiger partial charge in [0.1, 0.15) is 5.60 Å². The van der Waals surface area contributed by atoms with Crippen LogP contribution in [0.4, 0.5) is 4.79 Å². The summed E-state index contributed by atoms with van der Waals surface area (Å²) in [5, 5.41) is 10.2. The molecule has 1 aromatic rings. The molecule has 0 saturated carbocycles. The van der Waals surface area contributed by atoms with Crippen molar-refractivity contribution in [3.05, 3.63) is 34.3 Å². The predicted octanol–water partition coefficient (Wildman–Crippen LogP) is 4.26. The molecule has 30 heavy (non-hydrogen) atoms. The number of esters is 1. The van der Waals surface area contributed by atoms with Gasteiger partial charge in [-0.25, -0.2) is 4.79 Å². The van der Waals surface area contributed by atoms with E-state index in [9.17, 15) is 19.5 Å². The number of ether oxygens (including phenoxy) is 2. The van der Waals surface area contributed by atoms with Gasteiger partial charge in [0.2, 0.25) is 0 Å². The number of carbonyl (C=O) groups excluding carboxylic acids is 2. The van der Waals surface area contributed by atoms with Crippen LogP contribution in [0.2, 0.25) is 5.02 Å². The smallest absolute Gasteiger partial charge is 0.410 e. The molecule has 0 aliphatic heterocycles. The molecule has 1 N–H and O–H groups in total. The van der Waals surface area contributed by atoms with Crippen molar-refractivity contribution in [1.82, 2.24) is 4.90 Å². The molecule has 8 heteroatoms. The average molecular weight is 442 g/mol. The minimum Gasteiger partial charge on any atom is -0.481 e. The van der Waals surface area contributed by atoms with Gasteiger partial charge in [0.05, 0.1) is 6.61 Å². The van der Waals surface area contributed by atoms with Crippen molar-refractivity contribution in [2.45, 2.75) is 64.5 Å². The van der Waals surface area contributed by atoms with Crippen molar-refractivity contribution in [3.63, 3.8) is 0 Å². The van der Waals surface area contributed by atoms with Crippen LogP contribution in [0.15, 0.2) is 18.2 Å². The van der Waals surface area contributed by atoms with Crippen LogP contribution >= 0.6 is 11.6 Å². The number of hydrogen-bond donors (Lipinski definition) is 1. The predicted molar refractivity (Wildman–Crippen MR) is 113 cm³/mol. The normalized spacial score (nSPS) is 19.4. The van der Waals surface area contributed by atoms with E-state index >= 15 is 0 Å². The van der Waals surface area contributed by atoms with Gasteiger partial charge < -0.3 is 19.5 Å². The minimum atomic E-state index is -1.33. The number of nitrogens with zero attached hydrogens (tertiary/aromatic N) is 1. The molecule has 0 spiro atoms. The van der Waals surface area contributed by atoms with Crippen molar-refractivity contribution in [3.8, 4) is 0 Å². The van der Waals surface area contributed by atoms with E-state index in [0.29, 0.717) is 17.9 Å². The Balaban J connectivity index is 2.40. The van der Waals surface area contributed by atoms with Gasteiger partial charge in [-0.15, -0.1) is 0 Å². The first-order chi connectivity index (χ1) is 13.9. The van der Waals surface area contributed by atoms with Gasteiger partial charge in [-0.3, -0.25) is 9.59 Å². The molecule has 3 atom stereocenters. The second-order valence-electron chi connectivity index (χ2n) is 8.53. The van der Waals surface area contributed by atoms with Crippen LogP contribution in [-0.2, 0) is 25.5 Å². The molecule has 0 fully saturated rings. The first kappa shape index (κ1) is 24.0. The molecule has 0 radical (unpaired) electrons. The van der Waals surface area contributed by atoms with E-state index in [2.05, 4.69) is 0 Å². The second-order valence-corrected chi connectivity index (χ2v) is 8.96. The third kappa shape index (κ3) is 5.88. The summed E-state index contributed by atoms with van der Waals surface area (Å²) >= 11 is 6.14. The third-order valence-electron chi connectivity index (χ3n) is 5.22. The van der Waals surface area contributed by atoms with Crippen molar-refractivity contribution >= 4 is 29.6 Å². The highest BCUT2D eigenvalue weighted by molar-refractivity contribution is 6.30. The molecule has 1 unspecified atom stereocenters. The lowest BCUT2D eigenvalue weighted by Crippen LogP contribution is -2.46. The SMILES string of the molecule is CCO[14C](=O)C(C[C@@H]1c2ccc(Cl)cc2CC[C@H]1N(C)C(=O)OC(C)(C)C)C(=O)O. The van der Waals surface area contributed by atoms with E-state index in [1.54, 1.807) is 40.8 Å². The molecule has 1 aliphatic rings. The van der Waals surface area contributed by atoms with Gasteiger partial charge in [-0.1, -0.05) is 17.7 Å². The molecule has 166 valence electrons. The summed E-state index contributed by atoms with van der Waals surface area (Å²) in [6.45, 7) is 7.09. The first-order valence-electron chi connectivity index (χ1n) is 10.1. The molecule has 0 bridgehead atoms.